The molecule has 0 radical (unpaired) electrons. The van der Waals surface area contributed by atoms with Gasteiger partial charge in [0.25, 0.3) is 0 Å². The van der Waals surface area contributed by atoms with Crippen LogP contribution in [0.4, 0.5) is 0 Å². The summed E-state index contributed by atoms with van der Waals surface area (Å²) in [6.07, 6.45) is 1.71. The van der Waals surface area contributed by atoms with Crippen LogP contribution in [0.25, 0.3) is 0 Å². The van der Waals surface area contributed by atoms with Gasteiger partial charge in [-0.05, 0) is 6.92 Å². The van der Waals surface area contributed by atoms with E-state index in [2.05, 4.69) is 4.90 Å². The van der Waals surface area contributed by atoms with E-state index in [9.17, 15) is 4.79 Å². The molecule has 0 aromatic heterocycles. The van der Waals surface area contributed by atoms with E-state index in [1.165, 1.54) is 0 Å². The van der Waals surface area contributed by atoms with Crippen molar-refractivity contribution in [2.45, 2.75) is 31.6 Å². The molecular formula is C14H24N2O4. The second kappa shape index (κ2) is 5.97. The van der Waals surface area contributed by atoms with Crippen LogP contribution in [0.1, 0.15) is 19.8 Å². The van der Waals surface area contributed by atoms with E-state index >= 15 is 0 Å². The Morgan fingerprint density at radius 2 is 1.60 bits per heavy atom. The van der Waals surface area contributed by atoms with Gasteiger partial charge in [0.05, 0.1) is 32.5 Å². The van der Waals surface area contributed by atoms with Gasteiger partial charge in [-0.25, -0.2) is 0 Å². The number of nitrogens with zero attached hydrogens (tertiary/aromatic N) is 2. The second-order valence-corrected chi connectivity index (χ2v) is 5.76. The molecule has 114 valence electrons. The summed E-state index contributed by atoms with van der Waals surface area (Å²) >= 11 is 0. The number of piperidine rings is 1. The van der Waals surface area contributed by atoms with E-state index in [1.54, 1.807) is 0 Å². The van der Waals surface area contributed by atoms with E-state index in [-0.39, 0.29) is 17.7 Å². The fraction of sp³-hybridized carbons (Fsp3) is 0.929. The van der Waals surface area contributed by atoms with Crippen LogP contribution in [0.15, 0.2) is 0 Å². The minimum Gasteiger partial charge on any atom is -0.378 e. The van der Waals surface area contributed by atoms with Crippen molar-refractivity contribution in [1.29, 1.82) is 0 Å². The van der Waals surface area contributed by atoms with Gasteiger partial charge in [-0.15, -0.1) is 0 Å². The van der Waals surface area contributed by atoms with Crippen LogP contribution in [0.2, 0.25) is 0 Å². The van der Waals surface area contributed by atoms with E-state index in [0.29, 0.717) is 39.5 Å². The van der Waals surface area contributed by atoms with Crippen molar-refractivity contribution >= 4 is 5.91 Å². The Kier molecular flexibility index (Phi) is 4.26. The fourth-order valence-corrected chi connectivity index (χ4v) is 3.24. The number of hydrogen-bond donors (Lipinski definition) is 0. The monoisotopic (exact) mass is 284 g/mol. The largest absolute Gasteiger partial charge is 0.378 e. The molecule has 0 aromatic rings. The topological polar surface area (TPSA) is 51.2 Å². The summed E-state index contributed by atoms with van der Waals surface area (Å²) < 4.78 is 16.7. The summed E-state index contributed by atoms with van der Waals surface area (Å²) in [6.45, 7) is 7.86. The van der Waals surface area contributed by atoms with E-state index < -0.39 is 0 Å². The number of morpholine rings is 1. The molecule has 0 N–H and O–H groups in total. The lowest BCUT2D eigenvalue weighted by atomic mass is 10.0. The third kappa shape index (κ3) is 2.83. The fourth-order valence-electron chi connectivity index (χ4n) is 3.24. The van der Waals surface area contributed by atoms with E-state index in [0.717, 1.165) is 25.9 Å². The molecule has 6 nitrogen and oxygen atoms in total. The zero-order valence-corrected chi connectivity index (χ0v) is 12.2. The predicted octanol–water partition coefficient (Wildman–Crippen LogP) is 0.0726. The van der Waals surface area contributed by atoms with Crippen molar-refractivity contribution in [2.24, 2.45) is 0 Å². The standard InChI is InChI=1S/C14H24N2O4/c1-12(13(17)16-6-8-18-9-7-16)15-4-2-14(3-5-15)19-10-11-20-14/h12H,2-11H2,1H3. The summed E-state index contributed by atoms with van der Waals surface area (Å²) in [7, 11) is 0. The summed E-state index contributed by atoms with van der Waals surface area (Å²) in [5, 5.41) is 0. The average molecular weight is 284 g/mol. The first-order chi connectivity index (χ1) is 9.70. The zero-order valence-electron chi connectivity index (χ0n) is 12.2. The van der Waals surface area contributed by atoms with Crippen LogP contribution in [-0.2, 0) is 19.0 Å². The van der Waals surface area contributed by atoms with Gasteiger partial charge >= 0.3 is 0 Å². The smallest absolute Gasteiger partial charge is 0.239 e. The molecule has 1 unspecified atom stereocenters. The third-order valence-corrected chi connectivity index (χ3v) is 4.60. The molecule has 20 heavy (non-hydrogen) atoms. The summed E-state index contributed by atoms with van der Waals surface area (Å²) in [6, 6.07) is -0.0631. The number of rotatable bonds is 2. The highest BCUT2D eigenvalue weighted by Crippen LogP contribution is 2.32. The van der Waals surface area contributed by atoms with Gasteiger partial charge < -0.3 is 19.1 Å². The average Bonchev–Trinajstić information content (AvgIpc) is 2.96. The van der Waals surface area contributed by atoms with Gasteiger partial charge in [-0.2, -0.15) is 0 Å². The first kappa shape index (κ1) is 14.3. The molecular weight excluding hydrogens is 260 g/mol. The second-order valence-electron chi connectivity index (χ2n) is 5.76. The molecule has 3 heterocycles. The molecule has 1 spiro atoms. The first-order valence-corrected chi connectivity index (χ1v) is 7.59. The van der Waals surface area contributed by atoms with Crippen LogP contribution in [0.3, 0.4) is 0 Å². The van der Waals surface area contributed by atoms with Crippen LogP contribution in [-0.4, -0.2) is 80.1 Å². The number of amides is 1. The maximum atomic E-state index is 12.5. The molecule has 1 atom stereocenters. The van der Waals surface area contributed by atoms with Crippen LogP contribution < -0.4 is 0 Å². The minimum atomic E-state index is -0.363. The van der Waals surface area contributed by atoms with Gasteiger partial charge in [0.15, 0.2) is 5.79 Å². The molecule has 0 bridgehead atoms. The number of carbonyl (C=O) groups excluding carboxylic acids is 1. The van der Waals surface area contributed by atoms with E-state index in [1.807, 2.05) is 11.8 Å². The van der Waals surface area contributed by atoms with Crippen molar-refractivity contribution in [3.8, 4) is 0 Å². The molecule has 0 aromatic carbocycles. The lowest BCUT2D eigenvalue weighted by molar-refractivity contribution is -0.189. The number of carbonyl (C=O) groups is 1. The SMILES string of the molecule is CC(C(=O)N1CCOCC1)N1CCC2(CC1)OCCO2. The highest BCUT2D eigenvalue weighted by Gasteiger charge is 2.41. The maximum absolute atomic E-state index is 12.5. The van der Waals surface area contributed by atoms with Crippen molar-refractivity contribution in [2.75, 3.05) is 52.6 Å². The number of ether oxygens (including phenoxy) is 3. The third-order valence-electron chi connectivity index (χ3n) is 4.60. The van der Waals surface area contributed by atoms with Gasteiger partial charge in [0, 0.05) is 39.0 Å². The number of hydrogen-bond acceptors (Lipinski definition) is 5. The Morgan fingerprint density at radius 1 is 1.00 bits per heavy atom. The minimum absolute atomic E-state index is 0.0631. The molecule has 1 amide bonds. The summed E-state index contributed by atoms with van der Waals surface area (Å²) in [5.41, 5.74) is 0. The Balaban J connectivity index is 1.52. The lowest BCUT2D eigenvalue weighted by Crippen LogP contribution is -2.54. The highest BCUT2D eigenvalue weighted by atomic mass is 16.7. The Morgan fingerprint density at radius 3 is 2.20 bits per heavy atom. The van der Waals surface area contributed by atoms with Crippen LogP contribution in [0.5, 0.6) is 0 Å². The van der Waals surface area contributed by atoms with Gasteiger partial charge in [0.2, 0.25) is 5.91 Å². The normalized spacial score (nSPS) is 28.8. The molecule has 3 rings (SSSR count). The van der Waals surface area contributed by atoms with Crippen molar-refractivity contribution in [1.82, 2.24) is 9.80 Å². The molecule has 3 fully saturated rings. The molecule has 6 heteroatoms. The lowest BCUT2D eigenvalue weighted by Gasteiger charge is -2.41. The van der Waals surface area contributed by atoms with E-state index in [4.69, 9.17) is 14.2 Å². The quantitative estimate of drug-likeness (QED) is 0.718. The Hall–Kier alpha value is -0.690. The molecule has 3 saturated heterocycles. The molecule has 3 aliphatic rings. The number of likely N-dealkylation sites (tertiary alicyclic amines) is 1. The first-order valence-electron chi connectivity index (χ1n) is 7.59. The van der Waals surface area contributed by atoms with Gasteiger partial charge in [0.1, 0.15) is 0 Å². The molecule has 0 aliphatic carbocycles. The summed E-state index contributed by atoms with van der Waals surface area (Å²) in [5.74, 6) is -0.143. The van der Waals surface area contributed by atoms with Crippen LogP contribution >= 0.6 is 0 Å². The van der Waals surface area contributed by atoms with Gasteiger partial charge in [-0.3, -0.25) is 9.69 Å². The van der Waals surface area contributed by atoms with Gasteiger partial charge in [-0.1, -0.05) is 0 Å². The molecule has 3 aliphatic heterocycles. The summed E-state index contributed by atoms with van der Waals surface area (Å²) in [4.78, 5) is 16.6. The zero-order chi connectivity index (χ0) is 14.0. The Bertz CT molecular complexity index is 341. The maximum Gasteiger partial charge on any atom is 0.239 e. The Labute approximate surface area is 119 Å². The van der Waals surface area contributed by atoms with Crippen molar-refractivity contribution in [3.05, 3.63) is 0 Å². The molecule has 0 saturated carbocycles. The van der Waals surface area contributed by atoms with Crippen LogP contribution in [0, 0.1) is 0 Å². The predicted molar refractivity (Wildman–Crippen MR) is 72.3 cm³/mol. The van der Waals surface area contributed by atoms with Crippen molar-refractivity contribution < 1.29 is 19.0 Å². The highest BCUT2D eigenvalue weighted by molar-refractivity contribution is 5.81. The van der Waals surface area contributed by atoms with Crippen molar-refractivity contribution in [3.63, 3.8) is 0 Å².